The Hall–Kier alpha value is -1.16. The Morgan fingerprint density at radius 2 is 2.19 bits per heavy atom. The molecular weight excluding hydrogens is 220 g/mol. The van der Waals surface area contributed by atoms with Crippen LogP contribution in [0.3, 0.4) is 0 Å². The second-order valence-electron chi connectivity index (χ2n) is 4.63. The topological polar surface area (TPSA) is 55.1 Å². The lowest BCUT2D eigenvalue weighted by atomic mass is 9.69. The summed E-state index contributed by atoms with van der Waals surface area (Å²) in [5.41, 5.74) is 7.31. The van der Waals surface area contributed by atoms with Gasteiger partial charge in [-0.05, 0) is 31.0 Å². The summed E-state index contributed by atoms with van der Waals surface area (Å²) < 4.78 is 0. The number of rotatable bonds is 0. The van der Waals surface area contributed by atoms with Crippen LogP contribution in [0.4, 0.5) is 11.4 Å². The van der Waals surface area contributed by atoms with Crippen molar-refractivity contribution in [3.63, 3.8) is 0 Å². The Labute approximate surface area is 98.8 Å². The molecule has 0 radical (unpaired) electrons. The van der Waals surface area contributed by atoms with E-state index in [2.05, 4.69) is 5.32 Å². The number of hydrogen-bond donors (Lipinski definition) is 2. The molecule has 1 amide bonds. The molecule has 0 unspecified atom stereocenters. The average Bonchev–Trinajstić information content (AvgIpc) is 2.33. The number of fused-ring (bicyclic) bond motifs is 1. The van der Waals surface area contributed by atoms with Crippen LogP contribution >= 0.6 is 11.8 Å². The van der Waals surface area contributed by atoms with Gasteiger partial charge in [0, 0.05) is 16.3 Å². The molecule has 0 aromatic heterocycles. The van der Waals surface area contributed by atoms with Crippen LogP contribution in [0.1, 0.15) is 19.3 Å². The van der Waals surface area contributed by atoms with Gasteiger partial charge in [-0.1, -0.05) is 6.42 Å². The molecule has 0 bridgehead atoms. The number of nitrogens with one attached hydrogen (secondary N) is 1. The molecule has 1 aliphatic heterocycles. The third kappa shape index (κ3) is 1.40. The van der Waals surface area contributed by atoms with Crippen LogP contribution in [0, 0.1) is 5.41 Å². The maximum Gasteiger partial charge on any atom is 0.231 e. The lowest BCUT2D eigenvalue weighted by Crippen LogP contribution is -2.43. The summed E-state index contributed by atoms with van der Waals surface area (Å²) in [7, 11) is 0. The summed E-state index contributed by atoms with van der Waals surface area (Å²) in [6, 6.07) is 5.67. The van der Waals surface area contributed by atoms with Gasteiger partial charge < -0.3 is 11.1 Å². The summed E-state index contributed by atoms with van der Waals surface area (Å²) in [5, 5.41) is 3.03. The van der Waals surface area contributed by atoms with Crippen molar-refractivity contribution in [1.82, 2.24) is 0 Å². The maximum atomic E-state index is 12.1. The third-order valence-corrected chi connectivity index (χ3v) is 4.90. The highest BCUT2D eigenvalue weighted by Gasteiger charge is 2.45. The first kappa shape index (κ1) is 10.0. The predicted molar refractivity (Wildman–Crippen MR) is 66.5 cm³/mol. The van der Waals surface area contributed by atoms with E-state index in [1.54, 1.807) is 11.8 Å². The fraction of sp³-hybridized carbons (Fsp3) is 0.417. The van der Waals surface area contributed by atoms with E-state index in [1.165, 1.54) is 6.42 Å². The largest absolute Gasteiger partial charge is 0.399 e. The van der Waals surface area contributed by atoms with Crippen molar-refractivity contribution in [3.05, 3.63) is 18.2 Å². The number of carbonyl (C=O) groups is 1. The van der Waals surface area contributed by atoms with E-state index in [9.17, 15) is 4.79 Å². The normalized spacial score (nSPS) is 21.9. The number of anilines is 2. The van der Waals surface area contributed by atoms with Crippen molar-refractivity contribution in [2.24, 2.45) is 5.41 Å². The quantitative estimate of drug-likeness (QED) is 0.678. The van der Waals surface area contributed by atoms with E-state index in [0.717, 1.165) is 34.9 Å². The van der Waals surface area contributed by atoms with Crippen LogP contribution in [0.25, 0.3) is 0 Å². The van der Waals surface area contributed by atoms with E-state index in [4.69, 9.17) is 5.73 Å². The molecule has 1 spiro atoms. The van der Waals surface area contributed by atoms with Gasteiger partial charge in [0.15, 0.2) is 0 Å². The smallest absolute Gasteiger partial charge is 0.231 e. The average molecular weight is 234 g/mol. The number of nitrogens with two attached hydrogens (primary N) is 1. The second kappa shape index (κ2) is 3.42. The molecule has 1 aromatic carbocycles. The highest BCUT2D eigenvalue weighted by atomic mass is 32.2. The van der Waals surface area contributed by atoms with E-state index in [1.807, 2.05) is 18.2 Å². The third-order valence-electron chi connectivity index (χ3n) is 3.55. The van der Waals surface area contributed by atoms with Crippen molar-refractivity contribution in [2.75, 3.05) is 16.8 Å². The van der Waals surface area contributed by atoms with Crippen molar-refractivity contribution < 1.29 is 4.79 Å². The Balaban J connectivity index is 1.96. The number of carbonyl (C=O) groups excluding carboxylic acids is 1. The maximum absolute atomic E-state index is 12.1. The summed E-state index contributed by atoms with van der Waals surface area (Å²) in [4.78, 5) is 13.2. The first-order valence-electron chi connectivity index (χ1n) is 5.53. The molecule has 1 aliphatic carbocycles. The molecule has 0 atom stereocenters. The summed E-state index contributed by atoms with van der Waals surface area (Å²) in [5.74, 6) is 1.07. The van der Waals surface area contributed by atoms with Crippen LogP contribution in [0.15, 0.2) is 23.1 Å². The van der Waals surface area contributed by atoms with Crippen LogP contribution in [0.5, 0.6) is 0 Å². The molecule has 0 saturated heterocycles. The molecular formula is C12H14N2OS. The molecule has 1 fully saturated rings. The minimum Gasteiger partial charge on any atom is -0.399 e. The molecule has 3 nitrogen and oxygen atoms in total. The number of thioether (sulfide) groups is 1. The fourth-order valence-corrected chi connectivity index (χ4v) is 3.62. The minimum absolute atomic E-state index is 0.113. The predicted octanol–water partition coefficient (Wildman–Crippen LogP) is 2.48. The number of nitrogen functional groups attached to an aromatic ring is 1. The monoisotopic (exact) mass is 234 g/mol. The highest BCUT2D eigenvalue weighted by molar-refractivity contribution is 7.99. The molecule has 2 aliphatic rings. The van der Waals surface area contributed by atoms with Crippen LogP contribution in [0.2, 0.25) is 0 Å². The number of benzene rings is 1. The van der Waals surface area contributed by atoms with Gasteiger partial charge in [-0.15, -0.1) is 11.8 Å². The molecule has 84 valence electrons. The van der Waals surface area contributed by atoms with Crippen molar-refractivity contribution >= 4 is 29.0 Å². The Morgan fingerprint density at radius 1 is 1.38 bits per heavy atom. The van der Waals surface area contributed by atoms with Crippen LogP contribution in [-0.2, 0) is 4.79 Å². The Bertz CT molecular complexity index is 454. The second-order valence-corrected chi connectivity index (χ2v) is 5.65. The van der Waals surface area contributed by atoms with Gasteiger partial charge in [0.1, 0.15) is 0 Å². The van der Waals surface area contributed by atoms with Gasteiger partial charge in [-0.2, -0.15) is 0 Å². The number of amides is 1. The standard InChI is InChI=1S/C12H14N2OS/c13-8-2-3-9-10(6-8)16-7-12(4-1-5-12)11(15)14-9/h2-3,6H,1,4-5,7,13H2,(H,14,15). The first-order valence-corrected chi connectivity index (χ1v) is 6.52. The van der Waals surface area contributed by atoms with E-state index in [0.29, 0.717) is 0 Å². The van der Waals surface area contributed by atoms with Crippen molar-refractivity contribution in [3.8, 4) is 0 Å². The van der Waals surface area contributed by atoms with Gasteiger partial charge in [0.05, 0.1) is 11.1 Å². The summed E-state index contributed by atoms with van der Waals surface area (Å²) in [6.07, 6.45) is 3.22. The molecule has 16 heavy (non-hydrogen) atoms. The summed E-state index contributed by atoms with van der Waals surface area (Å²) in [6.45, 7) is 0. The van der Waals surface area contributed by atoms with Gasteiger partial charge in [0.2, 0.25) is 5.91 Å². The Kier molecular flexibility index (Phi) is 2.14. The lowest BCUT2D eigenvalue weighted by Gasteiger charge is -2.38. The van der Waals surface area contributed by atoms with Gasteiger partial charge >= 0.3 is 0 Å². The molecule has 1 heterocycles. The zero-order valence-corrected chi connectivity index (χ0v) is 9.77. The molecule has 1 aromatic rings. The number of hydrogen-bond acceptors (Lipinski definition) is 3. The highest BCUT2D eigenvalue weighted by Crippen LogP contribution is 2.48. The Morgan fingerprint density at radius 3 is 2.88 bits per heavy atom. The first-order chi connectivity index (χ1) is 7.70. The summed E-state index contributed by atoms with van der Waals surface area (Å²) >= 11 is 1.75. The van der Waals surface area contributed by atoms with Crippen molar-refractivity contribution in [1.29, 1.82) is 0 Å². The van der Waals surface area contributed by atoms with Crippen LogP contribution < -0.4 is 11.1 Å². The lowest BCUT2D eigenvalue weighted by molar-refractivity contribution is -0.128. The minimum atomic E-state index is -0.113. The van der Waals surface area contributed by atoms with E-state index < -0.39 is 0 Å². The molecule has 3 N–H and O–H groups in total. The molecule has 3 rings (SSSR count). The molecule has 4 heteroatoms. The van der Waals surface area contributed by atoms with Crippen LogP contribution in [-0.4, -0.2) is 11.7 Å². The van der Waals surface area contributed by atoms with E-state index in [-0.39, 0.29) is 11.3 Å². The van der Waals surface area contributed by atoms with Gasteiger partial charge in [-0.25, -0.2) is 0 Å². The zero-order valence-electron chi connectivity index (χ0n) is 8.95. The SMILES string of the molecule is Nc1ccc2c(c1)SCC1(CCC1)C(=O)N2. The van der Waals surface area contributed by atoms with Gasteiger partial charge in [0.25, 0.3) is 0 Å². The van der Waals surface area contributed by atoms with Crippen molar-refractivity contribution in [2.45, 2.75) is 24.2 Å². The zero-order chi connectivity index (χ0) is 11.2. The van der Waals surface area contributed by atoms with Gasteiger partial charge in [-0.3, -0.25) is 4.79 Å². The fourth-order valence-electron chi connectivity index (χ4n) is 2.27. The van der Waals surface area contributed by atoms with E-state index >= 15 is 0 Å². The molecule has 1 saturated carbocycles.